The van der Waals surface area contributed by atoms with E-state index in [1.807, 2.05) is 45.0 Å². The van der Waals surface area contributed by atoms with Crippen molar-refractivity contribution in [3.8, 4) is 11.5 Å². The molecule has 1 aliphatic heterocycles. The van der Waals surface area contributed by atoms with Crippen molar-refractivity contribution < 1.29 is 24.2 Å². The number of aliphatic hydroxyl groups excluding tert-OH is 1. The van der Waals surface area contributed by atoms with E-state index < -0.39 is 17.7 Å². The van der Waals surface area contributed by atoms with Crippen molar-refractivity contribution in [3.63, 3.8) is 0 Å². The van der Waals surface area contributed by atoms with Crippen LogP contribution in [0.1, 0.15) is 42.1 Å². The van der Waals surface area contributed by atoms with Crippen molar-refractivity contribution >= 4 is 17.4 Å². The number of hydrogen-bond acceptors (Lipinski definition) is 6. The topological polar surface area (TPSA) is 89.0 Å². The summed E-state index contributed by atoms with van der Waals surface area (Å²) in [6.07, 6.45) is 3.22. The van der Waals surface area contributed by atoms with Gasteiger partial charge in [-0.1, -0.05) is 18.2 Å². The molecule has 0 bridgehead atoms. The minimum absolute atomic E-state index is 0.000614. The molecular formula is C28H28N2O5. The van der Waals surface area contributed by atoms with Crippen LogP contribution in [0.15, 0.2) is 72.6 Å². The standard InChI is InChI=1S/C28H28N2O5/c1-17(2)35-23-11-10-20(13-18(23)3)26(31)24-25(21-8-6-12-29-15-21)30(28(33)27(24)32)16-19-7-5-9-22(14-19)34-4/h5-15,17,25,31H,16H2,1-4H3/b26-24-. The fourth-order valence-electron chi connectivity index (χ4n) is 4.23. The molecule has 0 aliphatic carbocycles. The maximum absolute atomic E-state index is 13.2. The number of benzene rings is 2. The highest BCUT2D eigenvalue weighted by Crippen LogP contribution is 2.40. The molecule has 2 heterocycles. The molecular weight excluding hydrogens is 444 g/mol. The van der Waals surface area contributed by atoms with Crippen LogP contribution in [0.25, 0.3) is 5.76 Å². The van der Waals surface area contributed by atoms with Crippen LogP contribution in [-0.4, -0.2) is 39.9 Å². The van der Waals surface area contributed by atoms with Crippen molar-refractivity contribution in [2.45, 2.75) is 39.5 Å². The van der Waals surface area contributed by atoms with Gasteiger partial charge in [0.25, 0.3) is 11.7 Å². The minimum Gasteiger partial charge on any atom is -0.507 e. The Morgan fingerprint density at radius 1 is 1.11 bits per heavy atom. The largest absolute Gasteiger partial charge is 0.507 e. The van der Waals surface area contributed by atoms with E-state index >= 15 is 0 Å². The first-order valence-electron chi connectivity index (χ1n) is 11.4. The van der Waals surface area contributed by atoms with E-state index in [1.54, 1.807) is 49.8 Å². The van der Waals surface area contributed by atoms with Gasteiger partial charge in [0.05, 0.1) is 24.8 Å². The molecule has 4 rings (SSSR count). The number of methoxy groups -OCH3 is 1. The summed E-state index contributed by atoms with van der Waals surface area (Å²) in [7, 11) is 1.57. The quantitative estimate of drug-likeness (QED) is 0.302. The number of aliphatic hydroxyl groups is 1. The van der Waals surface area contributed by atoms with E-state index in [0.29, 0.717) is 22.6 Å². The highest BCUT2D eigenvalue weighted by Gasteiger charge is 2.46. The van der Waals surface area contributed by atoms with Crippen molar-refractivity contribution in [2.75, 3.05) is 7.11 Å². The second-order valence-electron chi connectivity index (χ2n) is 8.71. The van der Waals surface area contributed by atoms with Gasteiger partial charge in [0.1, 0.15) is 17.3 Å². The smallest absolute Gasteiger partial charge is 0.295 e. The molecule has 0 spiro atoms. The molecule has 1 fully saturated rings. The lowest BCUT2D eigenvalue weighted by Gasteiger charge is -2.25. The summed E-state index contributed by atoms with van der Waals surface area (Å²) in [5.74, 6) is -0.307. The number of Topliss-reactive ketones (excluding diaryl/α,β-unsaturated/α-hetero) is 1. The van der Waals surface area contributed by atoms with Crippen LogP contribution in [0.3, 0.4) is 0 Å². The van der Waals surface area contributed by atoms with Crippen molar-refractivity contribution in [2.24, 2.45) is 0 Å². The molecule has 1 unspecified atom stereocenters. The second-order valence-corrected chi connectivity index (χ2v) is 8.71. The van der Waals surface area contributed by atoms with Gasteiger partial charge in [-0.2, -0.15) is 0 Å². The number of aromatic nitrogens is 1. The molecule has 1 saturated heterocycles. The van der Waals surface area contributed by atoms with E-state index in [2.05, 4.69) is 4.98 Å². The first kappa shape index (κ1) is 24.0. The Bertz CT molecular complexity index is 1280. The first-order chi connectivity index (χ1) is 16.8. The molecule has 2 aromatic carbocycles. The van der Waals surface area contributed by atoms with Crippen LogP contribution in [0.5, 0.6) is 11.5 Å². The third kappa shape index (κ3) is 4.89. The van der Waals surface area contributed by atoms with Gasteiger partial charge in [-0.3, -0.25) is 14.6 Å². The zero-order chi connectivity index (χ0) is 25.1. The number of carbonyl (C=O) groups excluding carboxylic acids is 2. The molecule has 35 heavy (non-hydrogen) atoms. The zero-order valence-corrected chi connectivity index (χ0v) is 20.2. The highest BCUT2D eigenvalue weighted by atomic mass is 16.5. The number of aryl methyl sites for hydroxylation is 1. The van der Waals surface area contributed by atoms with Crippen LogP contribution in [0.2, 0.25) is 0 Å². The van der Waals surface area contributed by atoms with Crippen molar-refractivity contribution in [1.29, 1.82) is 0 Å². The van der Waals surface area contributed by atoms with Crippen LogP contribution < -0.4 is 9.47 Å². The summed E-state index contributed by atoms with van der Waals surface area (Å²) >= 11 is 0. The number of nitrogens with zero attached hydrogens (tertiary/aromatic N) is 2. The van der Waals surface area contributed by atoms with E-state index in [9.17, 15) is 14.7 Å². The first-order valence-corrected chi connectivity index (χ1v) is 11.4. The second kappa shape index (κ2) is 10.0. The van der Waals surface area contributed by atoms with E-state index in [1.165, 1.54) is 4.90 Å². The van der Waals surface area contributed by atoms with Crippen LogP contribution >= 0.6 is 0 Å². The number of rotatable bonds is 7. The summed E-state index contributed by atoms with van der Waals surface area (Å²) in [6, 6.07) is 15.3. The Morgan fingerprint density at radius 2 is 1.91 bits per heavy atom. The lowest BCUT2D eigenvalue weighted by molar-refractivity contribution is -0.140. The Kier molecular flexibility index (Phi) is 6.87. The van der Waals surface area contributed by atoms with Gasteiger partial charge in [0.15, 0.2) is 0 Å². The van der Waals surface area contributed by atoms with E-state index in [-0.39, 0.29) is 24.0 Å². The van der Waals surface area contributed by atoms with Crippen LogP contribution in [0, 0.1) is 6.92 Å². The molecule has 180 valence electrons. The van der Waals surface area contributed by atoms with E-state index in [4.69, 9.17) is 9.47 Å². The van der Waals surface area contributed by atoms with Gasteiger partial charge in [-0.25, -0.2) is 0 Å². The fourth-order valence-corrected chi connectivity index (χ4v) is 4.23. The molecule has 0 radical (unpaired) electrons. The number of carbonyl (C=O) groups is 2. The van der Waals surface area contributed by atoms with Gasteiger partial charge in [-0.15, -0.1) is 0 Å². The van der Waals surface area contributed by atoms with Crippen LogP contribution in [0.4, 0.5) is 0 Å². The SMILES string of the molecule is COc1cccc(CN2C(=O)C(=O)/C(=C(\O)c3ccc(OC(C)C)c(C)c3)C2c2cccnc2)c1. The Labute approximate surface area is 204 Å². The average Bonchev–Trinajstić information content (AvgIpc) is 3.10. The van der Waals surface area contributed by atoms with Gasteiger partial charge in [0.2, 0.25) is 0 Å². The number of amides is 1. The summed E-state index contributed by atoms with van der Waals surface area (Å²) in [4.78, 5) is 32.1. The lowest BCUT2D eigenvalue weighted by atomic mass is 9.95. The number of pyridine rings is 1. The number of ketones is 1. The van der Waals surface area contributed by atoms with Crippen molar-refractivity contribution in [1.82, 2.24) is 9.88 Å². The molecule has 0 saturated carbocycles. The Balaban J connectivity index is 1.80. The van der Waals surface area contributed by atoms with Gasteiger partial charge in [0, 0.05) is 24.5 Å². The van der Waals surface area contributed by atoms with E-state index in [0.717, 1.165) is 11.1 Å². The lowest BCUT2D eigenvalue weighted by Crippen LogP contribution is -2.29. The fraction of sp³-hybridized carbons (Fsp3) is 0.250. The van der Waals surface area contributed by atoms with Gasteiger partial charge >= 0.3 is 0 Å². The Morgan fingerprint density at radius 3 is 2.57 bits per heavy atom. The summed E-state index contributed by atoms with van der Waals surface area (Å²) in [5.41, 5.74) is 2.71. The predicted octanol–water partition coefficient (Wildman–Crippen LogP) is 4.81. The number of hydrogen-bond donors (Lipinski definition) is 1. The monoisotopic (exact) mass is 472 g/mol. The molecule has 7 heteroatoms. The summed E-state index contributed by atoms with van der Waals surface area (Å²) in [5, 5.41) is 11.3. The third-order valence-electron chi connectivity index (χ3n) is 5.84. The highest BCUT2D eigenvalue weighted by molar-refractivity contribution is 6.46. The maximum Gasteiger partial charge on any atom is 0.295 e. The Hall–Kier alpha value is -4.13. The molecule has 3 aromatic rings. The number of likely N-dealkylation sites (tertiary alicyclic amines) is 1. The number of ether oxygens (including phenoxy) is 2. The molecule has 1 amide bonds. The molecule has 1 atom stereocenters. The zero-order valence-electron chi connectivity index (χ0n) is 20.2. The van der Waals surface area contributed by atoms with Crippen LogP contribution in [-0.2, 0) is 16.1 Å². The van der Waals surface area contributed by atoms with Crippen molar-refractivity contribution in [3.05, 3.63) is 94.8 Å². The molecule has 7 nitrogen and oxygen atoms in total. The van der Waals surface area contributed by atoms with Gasteiger partial charge < -0.3 is 19.5 Å². The van der Waals surface area contributed by atoms with Gasteiger partial charge in [-0.05, 0) is 73.9 Å². The molecule has 1 aromatic heterocycles. The third-order valence-corrected chi connectivity index (χ3v) is 5.84. The summed E-state index contributed by atoms with van der Waals surface area (Å²) in [6.45, 7) is 5.91. The minimum atomic E-state index is -0.790. The molecule has 1 aliphatic rings. The molecule has 1 N–H and O–H groups in total. The predicted molar refractivity (Wildman–Crippen MR) is 132 cm³/mol. The summed E-state index contributed by atoms with van der Waals surface area (Å²) < 4.78 is 11.1. The average molecular weight is 473 g/mol. The normalized spacial score (nSPS) is 17.2. The maximum atomic E-state index is 13.2.